The van der Waals surface area contributed by atoms with E-state index in [9.17, 15) is 9.59 Å². The van der Waals surface area contributed by atoms with E-state index in [0.29, 0.717) is 21.4 Å². The molecule has 5 nitrogen and oxygen atoms in total. The summed E-state index contributed by atoms with van der Waals surface area (Å²) in [5.74, 6) is -0.193. The van der Waals surface area contributed by atoms with E-state index in [2.05, 4.69) is 26.2 Å². The van der Waals surface area contributed by atoms with Gasteiger partial charge in [-0.25, -0.2) is 9.79 Å². The summed E-state index contributed by atoms with van der Waals surface area (Å²) in [5, 5.41) is 3.30. The van der Waals surface area contributed by atoms with Crippen LogP contribution in [0.15, 0.2) is 93.2 Å². The zero-order chi connectivity index (χ0) is 20.9. The van der Waals surface area contributed by atoms with Gasteiger partial charge in [0.25, 0.3) is 5.91 Å². The maximum atomic E-state index is 12.2. The Bertz CT molecular complexity index is 1140. The first kappa shape index (κ1) is 20.1. The average molecular weight is 479 g/mol. The van der Waals surface area contributed by atoms with Crippen LogP contribution >= 0.6 is 27.7 Å². The van der Waals surface area contributed by atoms with Gasteiger partial charge in [0.2, 0.25) is 0 Å². The van der Waals surface area contributed by atoms with Crippen LogP contribution in [-0.4, -0.2) is 17.0 Å². The van der Waals surface area contributed by atoms with Crippen molar-refractivity contribution in [3.8, 4) is 5.75 Å². The standard InChI is InChI=1S/C23H15BrN2O3S/c24-17-10-8-16(9-11-17)22(28)29-19-12-6-15(7-13-19)14-20-21(27)26-23(30-20)25-18-4-2-1-3-5-18/h1-14H,(H,25,26,27)/b20-14-. The molecule has 0 unspecified atom stereocenters. The Labute approximate surface area is 186 Å². The molecule has 30 heavy (non-hydrogen) atoms. The monoisotopic (exact) mass is 478 g/mol. The lowest BCUT2D eigenvalue weighted by Gasteiger charge is -2.05. The number of hydrogen-bond acceptors (Lipinski definition) is 5. The first-order chi connectivity index (χ1) is 14.6. The minimum absolute atomic E-state index is 0.194. The molecule has 1 N–H and O–H groups in total. The lowest BCUT2D eigenvalue weighted by molar-refractivity contribution is -0.115. The first-order valence-corrected chi connectivity index (χ1v) is 10.6. The normalized spacial score (nSPS) is 16.0. The molecule has 1 aliphatic rings. The number of thioether (sulfide) groups is 1. The molecule has 0 aromatic heterocycles. The number of carbonyl (C=O) groups is 2. The topological polar surface area (TPSA) is 67.8 Å². The van der Waals surface area contributed by atoms with E-state index < -0.39 is 5.97 Å². The number of rotatable bonds is 4. The van der Waals surface area contributed by atoms with Crippen molar-refractivity contribution in [2.24, 2.45) is 4.99 Å². The van der Waals surface area contributed by atoms with Gasteiger partial charge in [0.15, 0.2) is 5.17 Å². The van der Waals surface area contributed by atoms with Crippen LogP contribution in [0.1, 0.15) is 15.9 Å². The third-order valence-electron chi connectivity index (χ3n) is 4.11. The largest absolute Gasteiger partial charge is 0.423 e. The number of amidine groups is 1. The van der Waals surface area contributed by atoms with E-state index in [1.165, 1.54) is 11.8 Å². The second-order valence-electron chi connectivity index (χ2n) is 6.28. The van der Waals surface area contributed by atoms with Crippen molar-refractivity contribution in [3.63, 3.8) is 0 Å². The number of amides is 1. The number of ether oxygens (including phenoxy) is 1. The highest BCUT2D eigenvalue weighted by Crippen LogP contribution is 2.28. The van der Waals surface area contributed by atoms with E-state index in [0.717, 1.165) is 15.7 Å². The molecule has 0 spiro atoms. The SMILES string of the molecule is O=C1NC(=Nc2ccccc2)S/C1=C\c1ccc(OC(=O)c2ccc(Br)cc2)cc1. The molecule has 3 aromatic carbocycles. The van der Waals surface area contributed by atoms with E-state index in [-0.39, 0.29) is 5.91 Å². The first-order valence-electron chi connectivity index (χ1n) is 8.99. The highest BCUT2D eigenvalue weighted by atomic mass is 79.9. The van der Waals surface area contributed by atoms with Crippen LogP contribution in [0.4, 0.5) is 5.69 Å². The minimum Gasteiger partial charge on any atom is -0.423 e. The summed E-state index contributed by atoms with van der Waals surface area (Å²) in [6.07, 6.45) is 1.77. The molecule has 1 amide bonds. The van der Waals surface area contributed by atoms with E-state index in [4.69, 9.17) is 4.74 Å². The molecule has 1 aliphatic heterocycles. The molecule has 3 aromatic rings. The van der Waals surface area contributed by atoms with Crippen LogP contribution in [0.25, 0.3) is 6.08 Å². The molecule has 4 rings (SSSR count). The number of aliphatic imine (C=N–C) groups is 1. The predicted octanol–water partition coefficient (Wildman–Crippen LogP) is 5.56. The van der Waals surface area contributed by atoms with Crippen molar-refractivity contribution in [2.45, 2.75) is 0 Å². The lowest BCUT2D eigenvalue weighted by Crippen LogP contribution is -2.19. The average Bonchev–Trinajstić information content (AvgIpc) is 3.09. The zero-order valence-corrected chi connectivity index (χ0v) is 17.9. The number of para-hydroxylation sites is 1. The van der Waals surface area contributed by atoms with Gasteiger partial charge in [0.05, 0.1) is 16.2 Å². The highest BCUT2D eigenvalue weighted by Gasteiger charge is 2.23. The van der Waals surface area contributed by atoms with Gasteiger partial charge in [-0.15, -0.1) is 0 Å². The third kappa shape index (κ3) is 5.06. The molecular weight excluding hydrogens is 464 g/mol. The molecule has 7 heteroatoms. The van der Waals surface area contributed by atoms with Gasteiger partial charge in [-0.2, -0.15) is 0 Å². The smallest absolute Gasteiger partial charge is 0.343 e. The van der Waals surface area contributed by atoms with Gasteiger partial charge < -0.3 is 10.1 Å². The Hall–Kier alpha value is -3.16. The third-order valence-corrected chi connectivity index (χ3v) is 5.54. The summed E-state index contributed by atoms with van der Waals surface area (Å²) in [6, 6.07) is 23.3. The number of nitrogens with one attached hydrogen (secondary N) is 1. The van der Waals surface area contributed by atoms with Crippen molar-refractivity contribution >= 4 is 56.5 Å². The minimum atomic E-state index is -0.430. The van der Waals surface area contributed by atoms with Crippen molar-refractivity contribution in [2.75, 3.05) is 0 Å². The fourth-order valence-electron chi connectivity index (χ4n) is 2.64. The molecule has 1 fully saturated rings. The number of benzene rings is 3. The van der Waals surface area contributed by atoms with Crippen LogP contribution in [0, 0.1) is 0 Å². The summed E-state index contributed by atoms with van der Waals surface area (Å²) in [7, 11) is 0. The Morgan fingerprint density at radius 1 is 0.967 bits per heavy atom. The Morgan fingerprint density at radius 2 is 1.67 bits per heavy atom. The predicted molar refractivity (Wildman–Crippen MR) is 123 cm³/mol. The van der Waals surface area contributed by atoms with Crippen LogP contribution in [0.5, 0.6) is 5.75 Å². The van der Waals surface area contributed by atoms with Gasteiger partial charge in [0, 0.05) is 4.47 Å². The fourth-order valence-corrected chi connectivity index (χ4v) is 3.74. The van der Waals surface area contributed by atoms with E-state index in [1.54, 1.807) is 54.6 Å². The van der Waals surface area contributed by atoms with Gasteiger partial charge in [-0.3, -0.25) is 4.79 Å². The maximum Gasteiger partial charge on any atom is 0.343 e. The maximum absolute atomic E-state index is 12.2. The molecule has 1 saturated heterocycles. The van der Waals surface area contributed by atoms with Gasteiger partial charge in [-0.1, -0.05) is 46.3 Å². The molecular formula is C23H15BrN2O3S. The summed E-state index contributed by atoms with van der Waals surface area (Å²) >= 11 is 4.62. The van der Waals surface area contributed by atoms with Gasteiger partial charge in [-0.05, 0) is 71.9 Å². The second-order valence-corrected chi connectivity index (χ2v) is 8.23. The van der Waals surface area contributed by atoms with Crippen LogP contribution < -0.4 is 10.1 Å². The van der Waals surface area contributed by atoms with Crippen molar-refractivity contribution < 1.29 is 14.3 Å². The Morgan fingerprint density at radius 3 is 2.37 bits per heavy atom. The quantitative estimate of drug-likeness (QED) is 0.302. The molecule has 0 bridgehead atoms. The molecule has 0 radical (unpaired) electrons. The van der Waals surface area contributed by atoms with Crippen LogP contribution in [0.2, 0.25) is 0 Å². The summed E-state index contributed by atoms with van der Waals surface area (Å²) in [4.78, 5) is 29.4. The molecule has 0 saturated carbocycles. The molecule has 1 heterocycles. The number of hydrogen-bond donors (Lipinski definition) is 1. The number of esters is 1. The van der Waals surface area contributed by atoms with Crippen molar-refractivity contribution in [1.82, 2.24) is 5.32 Å². The number of halogens is 1. The van der Waals surface area contributed by atoms with Crippen molar-refractivity contribution in [3.05, 3.63) is 99.4 Å². The molecule has 0 aliphatic carbocycles. The zero-order valence-electron chi connectivity index (χ0n) is 15.5. The molecule has 148 valence electrons. The summed E-state index contributed by atoms with van der Waals surface area (Å²) < 4.78 is 6.28. The van der Waals surface area contributed by atoms with E-state index in [1.807, 2.05) is 30.3 Å². The van der Waals surface area contributed by atoms with Crippen LogP contribution in [-0.2, 0) is 4.79 Å². The summed E-state index contributed by atoms with van der Waals surface area (Å²) in [5.41, 5.74) is 2.06. The van der Waals surface area contributed by atoms with Gasteiger partial charge >= 0.3 is 5.97 Å². The number of carbonyl (C=O) groups excluding carboxylic acids is 2. The Balaban J connectivity index is 1.43. The van der Waals surface area contributed by atoms with E-state index >= 15 is 0 Å². The lowest BCUT2D eigenvalue weighted by atomic mass is 10.2. The van der Waals surface area contributed by atoms with Crippen LogP contribution in [0.3, 0.4) is 0 Å². The second kappa shape index (κ2) is 9.11. The highest BCUT2D eigenvalue weighted by molar-refractivity contribution is 9.10. The molecule has 0 atom stereocenters. The number of nitrogens with zero attached hydrogens (tertiary/aromatic N) is 1. The van der Waals surface area contributed by atoms with Crippen molar-refractivity contribution in [1.29, 1.82) is 0 Å². The van der Waals surface area contributed by atoms with Gasteiger partial charge in [0.1, 0.15) is 5.75 Å². The summed E-state index contributed by atoms with van der Waals surface area (Å²) in [6.45, 7) is 0. The Kier molecular flexibility index (Phi) is 6.11. The fraction of sp³-hybridized carbons (Fsp3) is 0.